The minimum absolute atomic E-state index is 0.218. The average molecular weight is 228 g/mol. The number of hydrogen-bond donors (Lipinski definition) is 1. The molecule has 1 unspecified atom stereocenters. The molecule has 1 heterocycles. The van der Waals surface area contributed by atoms with E-state index >= 15 is 0 Å². The molecule has 0 bridgehead atoms. The molecule has 3 rings (SSSR count). The maximum absolute atomic E-state index is 6.29. The van der Waals surface area contributed by atoms with E-state index < -0.39 is 0 Å². The van der Waals surface area contributed by atoms with Crippen LogP contribution in [0.2, 0.25) is 0 Å². The third-order valence-corrected chi connectivity index (χ3v) is 4.19. The van der Waals surface area contributed by atoms with Gasteiger partial charge in [0, 0.05) is 24.2 Å². The summed E-state index contributed by atoms with van der Waals surface area (Å²) >= 11 is 0. The maximum Gasteiger partial charge on any atom is 0.0515 e. The van der Waals surface area contributed by atoms with Gasteiger partial charge in [-0.25, -0.2) is 0 Å². The summed E-state index contributed by atoms with van der Waals surface area (Å²) in [5, 5.41) is 1.46. The Kier molecular flexibility index (Phi) is 2.30. The normalized spacial score (nSPS) is 19.6. The van der Waals surface area contributed by atoms with Crippen LogP contribution in [0.15, 0.2) is 12.1 Å². The number of rotatable bonds is 0. The summed E-state index contributed by atoms with van der Waals surface area (Å²) in [6.07, 6.45) is 3.53. The van der Waals surface area contributed by atoms with E-state index in [9.17, 15) is 0 Å². The number of benzene rings is 1. The van der Waals surface area contributed by atoms with Gasteiger partial charge in [-0.3, -0.25) is 0 Å². The van der Waals surface area contributed by atoms with E-state index in [1.54, 1.807) is 0 Å². The van der Waals surface area contributed by atoms with Crippen LogP contribution < -0.4 is 5.73 Å². The SMILES string of the molecule is Cc1ccc(C)c2c1c1c(n2C)C(N)CCC1. The molecule has 0 saturated heterocycles. The van der Waals surface area contributed by atoms with Gasteiger partial charge in [0.2, 0.25) is 0 Å². The predicted octanol–water partition coefficient (Wildman–Crippen LogP) is 3.13. The highest BCUT2D eigenvalue weighted by Crippen LogP contribution is 2.38. The fourth-order valence-electron chi connectivity index (χ4n) is 3.42. The van der Waals surface area contributed by atoms with Gasteiger partial charge in [0.05, 0.1) is 5.52 Å². The van der Waals surface area contributed by atoms with Crippen LogP contribution in [-0.4, -0.2) is 4.57 Å². The Bertz CT molecular complexity index is 593. The molecule has 17 heavy (non-hydrogen) atoms. The number of aryl methyl sites for hydroxylation is 4. The highest BCUT2D eigenvalue weighted by Gasteiger charge is 2.25. The Morgan fingerprint density at radius 2 is 1.94 bits per heavy atom. The highest BCUT2D eigenvalue weighted by molar-refractivity contribution is 5.91. The molecule has 0 radical (unpaired) electrons. The molecular weight excluding hydrogens is 208 g/mol. The Hall–Kier alpha value is -1.28. The first-order chi connectivity index (χ1) is 8.11. The zero-order chi connectivity index (χ0) is 12.2. The molecule has 1 aliphatic rings. The molecule has 0 spiro atoms. The molecule has 1 aromatic heterocycles. The van der Waals surface area contributed by atoms with E-state index in [4.69, 9.17) is 5.73 Å². The minimum atomic E-state index is 0.218. The lowest BCUT2D eigenvalue weighted by Crippen LogP contribution is -2.19. The van der Waals surface area contributed by atoms with Gasteiger partial charge >= 0.3 is 0 Å². The van der Waals surface area contributed by atoms with E-state index in [1.807, 2.05) is 0 Å². The summed E-state index contributed by atoms with van der Waals surface area (Å²) in [5.74, 6) is 0. The number of hydrogen-bond acceptors (Lipinski definition) is 1. The molecule has 0 aliphatic heterocycles. The fourth-order valence-corrected chi connectivity index (χ4v) is 3.42. The van der Waals surface area contributed by atoms with Crippen molar-refractivity contribution in [3.8, 4) is 0 Å². The van der Waals surface area contributed by atoms with Crippen molar-refractivity contribution in [1.82, 2.24) is 4.57 Å². The Morgan fingerprint density at radius 3 is 2.71 bits per heavy atom. The number of nitrogens with two attached hydrogens (primary N) is 1. The van der Waals surface area contributed by atoms with Crippen LogP contribution in [-0.2, 0) is 13.5 Å². The topological polar surface area (TPSA) is 30.9 Å². The van der Waals surface area contributed by atoms with Gasteiger partial charge in [0.15, 0.2) is 0 Å². The Balaban J connectivity index is 2.48. The standard InChI is InChI=1S/C15H20N2/c1-9-7-8-10(2)14-13(9)11-5-4-6-12(16)15(11)17(14)3/h7-8,12H,4-6,16H2,1-3H3. The van der Waals surface area contributed by atoms with Crippen molar-refractivity contribution in [3.05, 3.63) is 34.5 Å². The highest BCUT2D eigenvalue weighted by atomic mass is 15.0. The van der Waals surface area contributed by atoms with Crippen molar-refractivity contribution in [3.63, 3.8) is 0 Å². The van der Waals surface area contributed by atoms with Gasteiger partial charge < -0.3 is 10.3 Å². The van der Waals surface area contributed by atoms with Gasteiger partial charge in [-0.05, 0) is 49.8 Å². The molecule has 0 saturated carbocycles. The van der Waals surface area contributed by atoms with Crippen LogP contribution in [0.25, 0.3) is 10.9 Å². The summed E-state index contributed by atoms with van der Waals surface area (Å²) in [7, 11) is 2.17. The lowest BCUT2D eigenvalue weighted by Gasteiger charge is -2.20. The zero-order valence-corrected chi connectivity index (χ0v) is 10.9. The lowest BCUT2D eigenvalue weighted by atomic mass is 9.91. The van der Waals surface area contributed by atoms with Crippen molar-refractivity contribution >= 4 is 10.9 Å². The second kappa shape index (κ2) is 3.61. The van der Waals surface area contributed by atoms with E-state index in [2.05, 4.69) is 37.6 Å². The average Bonchev–Trinajstić information content (AvgIpc) is 2.60. The molecule has 2 heteroatoms. The lowest BCUT2D eigenvalue weighted by molar-refractivity contribution is 0.542. The van der Waals surface area contributed by atoms with Crippen LogP contribution in [0.3, 0.4) is 0 Å². The maximum atomic E-state index is 6.29. The van der Waals surface area contributed by atoms with Gasteiger partial charge in [-0.2, -0.15) is 0 Å². The van der Waals surface area contributed by atoms with Gasteiger partial charge in [0.25, 0.3) is 0 Å². The van der Waals surface area contributed by atoms with Crippen LogP contribution in [0.1, 0.15) is 41.3 Å². The first kappa shape index (κ1) is 10.8. The molecule has 0 fully saturated rings. The van der Waals surface area contributed by atoms with Crippen molar-refractivity contribution < 1.29 is 0 Å². The zero-order valence-electron chi connectivity index (χ0n) is 10.9. The second-order valence-corrected chi connectivity index (χ2v) is 5.34. The molecule has 90 valence electrons. The van der Waals surface area contributed by atoms with Crippen molar-refractivity contribution in [1.29, 1.82) is 0 Å². The summed E-state index contributed by atoms with van der Waals surface area (Å²) in [6, 6.07) is 4.67. The summed E-state index contributed by atoms with van der Waals surface area (Å²) in [6.45, 7) is 4.40. The van der Waals surface area contributed by atoms with Gasteiger partial charge in [-0.15, -0.1) is 0 Å². The third-order valence-electron chi connectivity index (χ3n) is 4.19. The number of fused-ring (bicyclic) bond motifs is 3. The largest absolute Gasteiger partial charge is 0.346 e. The van der Waals surface area contributed by atoms with Crippen molar-refractivity contribution in [2.45, 2.75) is 39.2 Å². The predicted molar refractivity (Wildman–Crippen MR) is 72.3 cm³/mol. The quantitative estimate of drug-likeness (QED) is 0.738. The van der Waals surface area contributed by atoms with E-state index in [0.717, 1.165) is 6.42 Å². The van der Waals surface area contributed by atoms with E-state index in [0.29, 0.717) is 0 Å². The van der Waals surface area contributed by atoms with E-state index in [1.165, 1.54) is 46.1 Å². The summed E-state index contributed by atoms with van der Waals surface area (Å²) < 4.78 is 2.33. The fraction of sp³-hybridized carbons (Fsp3) is 0.467. The van der Waals surface area contributed by atoms with Crippen LogP contribution in [0, 0.1) is 13.8 Å². The first-order valence-electron chi connectivity index (χ1n) is 6.44. The van der Waals surface area contributed by atoms with Crippen LogP contribution in [0.5, 0.6) is 0 Å². The molecule has 0 amide bonds. The molecule has 1 atom stereocenters. The number of nitrogens with zero attached hydrogens (tertiary/aromatic N) is 1. The number of aromatic nitrogens is 1. The van der Waals surface area contributed by atoms with Crippen molar-refractivity contribution in [2.75, 3.05) is 0 Å². The third kappa shape index (κ3) is 1.37. The Labute approximate surface area is 102 Å². The van der Waals surface area contributed by atoms with Gasteiger partial charge in [-0.1, -0.05) is 12.1 Å². The molecule has 2 nitrogen and oxygen atoms in total. The van der Waals surface area contributed by atoms with Gasteiger partial charge in [0.1, 0.15) is 0 Å². The second-order valence-electron chi connectivity index (χ2n) is 5.34. The van der Waals surface area contributed by atoms with E-state index in [-0.39, 0.29) is 6.04 Å². The molecule has 1 aromatic carbocycles. The molecule has 2 aromatic rings. The monoisotopic (exact) mass is 228 g/mol. The van der Waals surface area contributed by atoms with Crippen LogP contribution >= 0.6 is 0 Å². The van der Waals surface area contributed by atoms with Crippen molar-refractivity contribution in [2.24, 2.45) is 12.8 Å². The minimum Gasteiger partial charge on any atom is -0.346 e. The molecular formula is C15H20N2. The molecule has 1 aliphatic carbocycles. The summed E-state index contributed by atoms with van der Waals surface area (Å²) in [5.41, 5.74) is 13.3. The van der Waals surface area contributed by atoms with Crippen LogP contribution in [0.4, 0.5) is 0 Å². The Morgan fingerprint density at radius 1 is 1.24 bits per heavy atom. The smallest absolute Gasteiger partial charge is 0.0515 e. The first-order valence-corrected chi connectivity index (χ1v) is 6.44. The summed E-state index contributed by atoms with van der Waals surface area (Å²) in [4.78, 5) is 0. The molecule has 2 N–H and O–H groups in total.